The molecule has 0 aliphatic heterocycles. The Morgan fingerprint density at radius 3 is 3.06 bits per heavy atom. The molecule has 16 heavy (non-hydrogen) atoms. The maximum atomic E-state index is 4.24. The average Bonchev–Trinajstić information content (AvgIpc) is 2.80. The number of nitrogens with zero attached hydrogens (tertiary/aromatic N) is 5. The summed E-state index contributed by atoms with van der Waals surface area (Å²) in [6.45, 7) is 0. The van der Waals surface area contributed by atoms with Crippen molar-refractivity contribution in [3.8, 4) is 0 Å². The van der Waals surface area contributed by atoms with Crippen LogP contribution in [0, 0.1) is 0 Å². The van der Waals surface area contributed by atoms with Crippen LogP contribution >= 0.6 is 11.8 Å². The smallest absolute Gasteiger partial charge is 0.177 e. The molecule has 0 radical (unpaired) electrons. The van der Waals surface area contributed by atoms with Crippen molar-refractivity contribution in [1.82, 2.24) is 24.6 Å². The Morgan fingerprint density at radius 1 is 1.19 bits per heavy atom. The zero-order chi connectivity index (χ0) is 10.8. The summed E-state index contributed by atoms with van der Waals surface area (Å²) in [6.07, 6.45) is 6.84. The van der Waals surface area contributed by atoms with Crippen LogP contribution in [0.3, 0.4) is 0 Å². The van der Waals surface area contributed by atoms with E-state index in [1.165, 1.54) is 11.8 Å². The first kappa shape index (κ1) is 9.29. The predicted molar refractivity (Wildman–Crippen MR) is 59.1 cm³/mol. The lowest BCUT2D eigenvalue weighted by Crippen LogP contribution is -1.88. The van der Waals surface area contributed by atoms with Gasteiger partial charge in [0.25, 0.3) is 0 Å². The van der Waals surface area contributed by atoms with E-state index in [9.17, 15) is 0 Å². The Morgan fingerprint density at radius 2 is 2.19 bits per heavy atom. The average molecular weight is 229 g/mol. The molecule has 0 aliphatic rings. The molecule has 0 saturated carbocycles. The van der Waals surface area contributed by atoms with Gasteiger partial charge in [0, 0.05) is 12.4 Å². The fourth-order valence-electron chi connectivity index (χ4n) is 1.33. The fourth-order valence-corrected chi connectivity index (χ4v) is 2.16. The number of hydrogen-bond donors (Lipinski definition) is 0. The van der Waals surface area contributed by atoms with Gasteiger partial charge < -0.3 is 0 Å². The standard InChI is InChI=1S/C10H7N5S/c1-2-4-12-9(3-1)16-8-5-11-6-15-7-13-14-10(8)15/h1-7H. The van der Waals surface area contributed by atoms with E-state index in [2.05, 4.69) is 20.2 Å². The molecule has 0 aromatic carbocycles. The molecule has 78 valence electrons. The molecule has 0 bridgehead atoms. The van der Waals surface area contributed by atoms with E-state index in [1.54, 1.807) is 29.4 Å². The van der Waals surface area contributed by atoms with Crippen LogP contribution in [0.5, 0.6) is 0 Å². The molecule has 0 N–H and O–H groups in total. The van der Waals surface area contributed by atoms with E-state index in [4.69, 9.17) is 0 Å². The van der Waals surface area contributed by atoms with Crippen molar-refractivity contribution in [1.29, 1.82) is 0 Å². The van der Waals surface area contributed by atoms with Crippen LogP contribution in [0.1, 0.15) is 0 Å². The van der Waals surface area contributed by atoms with Crippen molar-refractivity contribution in [2.24, 2.45) is 0 Å². The second kappa shape index (κ2) is 3.90. The van der Waals surface area contributed by atoms with Gasteiger partial charge in [-0.25, -0.2) is 9.97 Å². The molecule has 3 aromatic rings. The largest absolute Gasteiger partial charge is 0.271 e. The highest BCUT2D eigenvalue weighted by Gasteiger charge is 2.05. The van der Waals surface area contributed by atoms with Crippen molar-refractivity contribution >= 4 is 17.4 Å². The topological polar surface area (TPSA) is 56.0 Å². The Hall–Kier alpha value is -1.95. The number of rotatable bonds is 2. The van der Waals surface area contributed by atoms with Crippen LogP contribution in [-0.4, -0.2) is 24.6 Å². The lowest BCUT2D eigenvalue weighted by molar-refractivity contribution is 1.04. The highest BCUT2D eigenvalue weighted by atomic mass is 32.2. The second-order valence-corrected chi connectivity index (χ2v) is 4.15. The van der Waals surface area contributed by atoms with E-state index in [0.29, 0.717) is 0 Å². The van der Waals surface area contributed by atoms with Gasteiger partial charge in [-0.2, -0.15) is 0 Å². The van der Waals surface area contributed by atoms with Crippen LogP contribution in [0.4, 0.5) is 0 Å². The molecule has 5 nitrogen and oxygen atoms in total. The fraction of sp³-hybridized carbons (Fsp3) is 0. The summed E-state index contributed by atoms with van der Waals surface area (Å²) < 4.78 is 1.78. The Labute approximate surface area is 95.6 Å². The SMILES string of the molecule is c1ccc(Sc2cncn3cnnc23)nc1. The molecule has 0 amide bonds. The highest BCUT2D eigenvalue weighted by molar-refractivity contribution is 7.99. The number of pyridine rings is 1. The third-order valence-corrected chi connectivity index (χ3v) is 2.99. The van der Waals surface area contributed by atoms with Crippen LogP contribution in [-0.2, 0) is 0 Å². The molecule has 0 spiro atoms. The molecule has 6 heteroatoms. The summed E-state index contributed by atoms with van der Waals surface area (Å²) >= 11 is 1.52. The minimum atomic E-state index is 0.797. The minimum absolute atomic E-state index is 0.797. The van der Waals surface area contributed by atoms with Gasteiger partial charge in [-0.3, -0.25) is 4.40 Å². The van der Waals surface area contributed by atoms with Gasteiger partial charge in [-0.1, -0.05) is 17.8 Å². The van der Waals surface area contributed by atoms with Crippen molar-refractivity contribution in [2.45, 2.75) is 9.92 Å². The van der Waals surface area contributed by atoms with Crippen molar-refractivity contribution in [2.75, 3.05) is 0 Å². The molecule has 0 saturated heterocycles. The molecule has 3 aromatic heterocycles. The Kier molecular flexibility index (Phi) is 2.26. The summed E-state index contributed by atoms with van der Waals surface area (Å²) in [6, 6.07) is 5.79. The first-order chi connectivity index (χ1) is 7.93. The first-order valence-corrected chi connectivity index (χ1v) is 5.47. The van der Waals surface area contributed by atoms with Crippen LogP contribution in [0.15, 0.2) is 53.2 Å². The van der Waals surface area contributed by atoms with E-state index in [1.807, 2.05) is 18.2 Å². The number of fused-ring (bicyclic) bond motifs is 1. The van der Waals surface area contributed by atoms with E-state index < -0.39 is 0 Å². The number of hydrogen-bond acceptors (Lipinski definition) is 5. The molecule has 0 fully saturated rings. The zero-order valence-corrected chi connectivity index (χ0v) is 9.00. The quantitative estimate of drug-likeness (QED) is 0.669. The van der Waals surface area contributed by atoms with Crippen molar-refractivity contribution < 1.29 is 0 Å². The predicted octanol–water partition coefficient (Wildman–Crippen LogP) is 1.67. The van der Waals surface area contributed by atoms with Crippen LogP contribution in [0.25, 0.3) is 5.65 Å². The van der Waals surface area contributed by atoms with Gasteiger partial charge in [0.2, 0.25) is 0 Å². The maximum Gasteiger partial charge on any atom is 0.177 e. The monoisotopic (exact) mass is 229 g/mol. The van der Waals surface area contributed by atoms with Gasteiger partial charge in [-0.05, 0) is 12.1 Å². The van der Waals surface area contributed by atoms with Gasteiger partial charge in [-0.15, -0.1) is 10.2 Å². The molecule has 0 unspecified atom stereocenters. The molecule has 0 atom stereocenters. The molecule has 3 heterocycles. The summed E-state index contributed by atoms with van der Waals surface area (Å²) in [4.78, 5) is 9.30. The van der Waals surface area contributed by atoms with Crippen molar-refractivity contribution in [3.05, 3.63) is 43.2 Å². The van der Waals surface area contributed by atoms with Crippen LogP contribution < -0.4 is 0 Å². The van der Waals surface area contributed by atoms with E-state index in [0.717, 1.165) is 15.6 Å². The minimum Gasteiger partial charge on any atom is -0.271 e. The van der Waals surface area contributed by atoms with Gasteiger partial charge in [0.1, 0.15) is 17.7 Å². The van der Waals surface area contributed by atoms with E-state index >= 15 is 0 Å². The number of aromatic nitrogens is 5. The Bertz CT molecular complexity index is 607. The Balaban J connectivity index is 2.04. The first-order valence-electron chi connectivity index (χ1n) is 4.66. The zero-order valence-electron chi connectivity index (χ0n) is 8.19. The molecule has 0 aliphatic carbocycles. The lowest BCUT2D eigenvalue weighted by atomic mass is 10.5. The van der Waals surface area contributed by atoms with Crippen LogP contribution in [0.2, 0.25) is 0 Å². The van der Waals surface area contributed by atoms with Gasteiger partial charge in [0.15, 0.2) is 5.65 Å². The lowest BCUT2D eigenvalue weighted by Gasteiger charge is -2.00. The molecule has 3 rings (SSSR count). The molecular weight excluding hydrogens is 222 g/mol. The summed E-state index contributed by atoms with van der Waals surface area (Å²) in [5.41, 5.74) is 0.797. The van der Waals surface area contributed by atoms with E-state index in [-0.39, 0.29) is 0 Å². The highest BCUT2D eigenvalue weighted by Crippen LogP contribution is 2.27. The van der Waals surface area contributed by atoms with Gasteiger partial charge >= 0.3 is 0 Å². The third-order valence-electron chi connectivity index (χ3n) is 2.03. The van der Waals surface area contributed by atoms with Crippen molar-refractivity contribution in [3.63, 3.8) is 0 Å². The summed E-state index contributed by atoms with van der Waals surface area (Å²) in [7, 11) is 0. The maximum absolute atomic E-state index is 4.24. The summed E-state index contributed by atoms with van der Waals surface area (Å²) in [5.74, 6) is 0. The van der Waals surface area contributed by atoms with Gasteiger partial charge in [0.05, 0.1) is 4.90 Å². The summed E-state index contributed by atoms with van der Waals surface area (Å²) in [5, 5.41) is 8.80. The third kappa shape index (κ3) is 1.63. The second-order valence-electron chi connectivity index (χ2n) is 3.09. The molecular formula is C10H7N5S. The normalized spacial score (nSPS) is 10.8.